The number of nitrogen functional groups attached to an aromatic ring is 1. The summed E-state index contributed by atoms with van der Waals surface area (Å²) >= 11 is 0. The van der Waals surface area contributed by atoms with Crippen LogP contribution in [0.2, 0.25) is 0 Å². The second-order valence-electron chi connectivity index (χ2n) is 3.90. The summed E-state index contributed by atoms with van der Waals surface area (Å²) in [5.74, 6) is 1.33. The van der Waals surface area contributed by atoms with Gasteiger partial charge in [0.2, 0.25) is 5.88 Å². The first kappa shape index (κ1) is 16.4. The Labute approximate surface area is 118 Å². The molecule has 114 valence electrons. The highest BCUT2D eigenvalue weighted by Gasteiger charge is 2.13. The molecule has 0 spiro atoms. The molecule has 0 aromatic carbocycles. The van der Waals surface area contributed by atoms with Gasteiger partial charge in [0.05, 0.1) is 13.2 Å². The van der Waals surface area contributed by atoms with Crippen molar-refractivity contribution in [2.45, 2.75) is 6.61 Å². The molecule has 0 aliphatic heterocycles. The van der Waals surface area contributed by atoms with Gasteiger partial charge in [0.25, 0.3) is 0 Å². The van der Waals surface area contributed by atoms with Crippen molar-refractivity contribution in [2.24, 2.45) is 0 Å². The van der Waals surface area contributed by atoms with Gasteiger partial charge in [-0.05, 0) is 0 Å². The quantitative estimate of drug-likeness (QED) is 0.592. The van der Waals surface area contributed by atoms with Crippen molar-refractivity contribution >= 4 is 11.5 Å². The number of hydrogen-bond donors (Lipinski definition) is 2. The molecule has 8 nitrogen and oxygen atoms in total. The number of aromatic nitrogens is 2. The van der Waals surface area contributed by atoms with Crippen LogP contribution in [-0.2, 0) is 20.8 Å². The van der Waals surface area contributed by atoms with Gasteiger partial charge in [0.1, 0.15) is 18.9 Å². The van der Waals surface area contributed by atoms with Crippen LogP contribution in [0.1, 0.15) is 5.82 Å². The van der Waals surface area contributed by atoms with E-state index in [9.17, 15) is 0 Å². The van der Waals surface area contributed by atoms with Crippen molar-refractivity contribution in [3.63, 3.8) is 0 Å². The number of anilines is 2. The zero-order valence-corrected chi connectivity index (χ0v) is 12.1. The molecule has 0 amide bonds. The summed E-state index contributed by atoms with van der Waals surface area (Å²) < 4.78 is 20.4. The fourth-order valence-electron chi connectivity index (χ4n) is 1.42. The molecule has 0 bridgehead atoms. The van der Waals surface area contributed by atoms with Crippen molar-refractivity contribution in [1.82, 2.24) is 9.97 Å². The van der Waals surface area contributed by atoms with E-state index in [4.69, 9.17) is 24.7 Å². The highest BCUT2D eigenvalue weighted by molar-refractivity contribution is 5.66. The summed E-state index contributed by atoms with van der Waals surface area (Å²) in [5.41, 5.74) is 6.34. The first-order valence-electron chi connectivity index (χ1n) is 6.22. The summed E-state index contributed by atoms with van der Waals surface area (Å²) in [7, 11) is 4.80. The minimum atomic E-state index is 0.278. The Morgan fingerprint density at radius 3 is 2.40 bits per heavy atom. The van der Waals surface area contributed by atoms with Gasteiger partial charge in [0, 0.05) is 27.9 Å². The molecule has 0 radical (unpaired) electrons. The Morgan fingerprint density at radius 2 is 1.75 bits per heavy atom. The molecule has 0 unspecified atom stereocenters. The third kappa shape index (κ3) is 5.16. The minimum Gasteiger partial charge on any atom is -0.474 e. The molecule has 0 atom stereocenters. The maximum Gasteiger partial charge on any atom is 0.243 e. The number of ether oxygens (including phenoxy) is 4. The van der Waals surface area contributed by atoms with Crippen LogP contribution in [0, 0.1) is 0 Å². The van der Waals surface area contributed by atoms with E-state index in [1.165, 1.54) is 0 Å². The van der Waals surface area contributed by atoms with Gasteiger partial charge >= 0.3 is 0 Å². The Bertz CT molecular complexity index is 372. The molecule has 0 saturated heterocycles. The van der Waals surface area contributed by atoms with Gasteiger partial charge < -0.3 is 30.0 Å². The summed E-state index contributed by atoms with van der Waals surface area (Å²) in [6.07, 6.45) is 0. The first-order chi connectivity index (χ1) is 9.72. The monoisotopic (exact) mass is 286 g/mol. The summed E-state index contributed by atoms with van der Waals surface area (Å²) in [5, 5.41) is 3.08. The van der Waals surface area contributed by atoms with Crippen LogP contribution in [0.4, 0.5) is 11.5 Å². The van der Waals surface area contributed by atoms with Crippen LogP contribution >= 0.6 is 0 Å². The molecule has 0 fully saturated rings. The minimum absolute atomic E-state index is 0.278. The number of hydrogen-bond acceptors (Lipinski definition) is 8. The topological polar surface area (TPSA) is 101 Å². The fraction of sp³-hybridized carbons (Fsp3) is 0.667. The summed E-state index contributed by atoms with van der Waals surface area (Å²) in [6.45, 7) is 2.22. The lowest BCUT2D eigenvalue weighted by Crippen LogP contribution is -2.15. The maximum absolute atomic E-state index is 5.98. The highest BCUT2D eigenvalue weighted by Crippen LogP contribution is 2.26. The van der Waals surface area contributed by atoms with E-state index in [2.05, 4.69) is 15.3 Å². The van der Waals surface area contributed by atoms with Crippen LogP contribution in [0.25, 0.3) is 0 Å². The molecule has 0 aliphatic rings. The van der Waals surface area contributed by atoms with Crippen molar-refractivity contribution in [3.05, 3.63) is 5.82 Å². The third-order valence-corrected chi connectivity index (χ3v) is 2.36. The predicted octanol–water partition coefficient (Wildman–Crippen LogP) is 0.289. The van der Waals surface area contributed by atoms with Crippen molar-refractivity contribution in [3.8, 4) is 5.88 Å². The molecule has 0 aliphatic carbocycles. The zero-order valence-electron chi connectivity index (χ0n) is 12.1. The largest absolute Gasteiger partial charge is 0.474 e. The second-order valence-corrected chi connectivity index (χ2v) is 3.90. The Balaban J connectivity index is 2.83. The number of nitrogens with two attached hydrogens (primary N) is 1. The highest BCUT2D eigenvalue weighted by atomic mass is 16.5. The SMILES string of the molecule is COCCNc1nc(COC)nc(OCCOC)c1N. The second kappa shape index (κ2) is 9.29. The summed E-state index contributed by atoms with van der Waals surface area (Å²) in [6, 6.07) is 0. The van der Waals surface area contributed by atoms with Gasteiger partial charge in [-0.1, -0.05) is 0 Å². The average Bonchev–Trinajstić information content (AvgIpc) is 2.44. The maximum atomic E-state index is 5.98. The van der Waals surface area contributed by atoms with Crippen LogP contribution in [0.5, 0.6) is 5.88 Å². The predicted molar refractivity (Wildman–Crippen MR) is 74.9 cm³/mol. The van der Waals surface area contributed by atoms with E-state index in [1.807, 2.05) is 0 Å². The molecule has 1 aromatic rings. The smallest absolute Gasteiger partial charge is 0.243 e. The van der Waals surface area contributed by atoms with Crippen LogP contribution < -0.4 is 15.8 Å². The standard InChI is InChI=1S/C12H22N4O4/c1-17-5-4-14-11-10(13)12(20-7-6-18-2)16-9(15-11)8-19-3/h4-8,13H2,1-3H3,(H,14,15,16). The van der Waals surface area contributed by atoms with Crippen LogP contribution in [-0.4, -0.2) is 57.7 Å². The number of nitrogens with one attached hydrogen (secondary N) is 1. The average molecular weight is 286 g/mol. The molecule has 1 rings (SSSR count). The number of methoxy groups -OCH3 is 3. The fourth-order valence-corrected chi connectivity index (χ4v) is 1.42. The van der Waals surface area contributed by atoms with Gasteiger partial charge in [-0.15, -0.1) is 0 Å². The van der Waals surface area contributed by atoms with Crippen LogP contribution in [0.15, 0.2) is 0 Å². The van der Waals surface area contributed by atoms with Gasteiger partial charge in [-0.25, -0.2) is 4.98 Å². The molecule has 1 aromatic heterocycles. The summed E-state index contributed by atoms with van der Waals surface area (Å²) in [4.78, 5) is 8.50. The van der Waals surface area contributed by atoms with E-state index in [0.717, 1.165) is 0 Å². The molecular weight excluding hydrogens is 264 g/mol. The zero-order chi connectivity index (χ0) is 14.8. The van der Waals surface area contributed by atoms with E-state index >= 15 is 0 Å². The van der Waals surface area contributed by atoms with Gasteiger partial charge in [0.15, 0.2) is 11.6 Å². The van der Waals surface area contributed by atoms with Gasteiger partial charge in [-0.3, -0.25) is 0 Å². The van der Waals surface area contributed by atoms with Gasteiger partial charge in [-0.2, -0.15) is 4.98 Å². The molecule has 0 saturated carbocycles. The number of rotatable bonds is 10. The number of nitrogens with zero attached hydrogens (tertiary/aromatic N) is 2. The third-order valence-electron chi connectivity index (χ3n) is 2.36. The molecule has 8 heteroatoms. The van der Waals surface area contributed by atoms with Crippen molar-refractivity contribution in [1.29, 1.82) is 0 Å². The van der Waals surface area contributed by atoms with E-state index in [-0.39, 0.29) is 6.61 Å². The molecular formula is C12H22N4O4. The van der Waals surface area contributed by atoms with Crippen molar-refractivity contribution in [2.75, 3.05) is 58.7 Å². The Kier molecular flexibility index (Phi) is 7.63. The lowest BCUT2D eigenvalue weighted by Gasteiger charge is -2.13. The normalized spacial score (nSPS) is 10.6. The van der Waals surface area contributed by atoms with E-state index in [1.54, 1.807) is 21.3 Å². The lowest BCUT2D eigenvalue weighted by atomic mass is 10.4. The lowest BCUT2D eigenvalue weighted by molar-refractivity contribution is 0.142. The molecule has 3 N–H and O–H groups in total. The first-order valence-corrected chi connectivity index (χ1v) is 6.22. The van der Waals surface area contributed by atoms with E-state index < -0.39 is 0 Å². The van der Waals surface area contributed by atoms with Crippen LogP contribution in [0.3, 0.4) is 0 Å². The van der Waals surface area contributed by atoms with E-state index in [0.29, 0.717) is 49.6 Å². The molecule has 20 heavy (non-hydrogen) atoms. The van der Waals surface area contributed by atoms with Crippen molar-refractivity contribution < 1.29 is 18.9 Å². The Morgan fingerprint density at radius 1 is 1.00 bits per heavy atom. The Hall–Kier alpha value is -1.64. The molecule has 1 heterocycles.